The molecule has 18 heavy (non-hydrogen) atoms. The summed E-state index contributed by atoms with van der Waals surface area (Å²) in [5.41, 5.74) is 0.267. The van der Waals surface area contributed by atoms with E-state index in [-0.39, 0.29) is 11.4 Å². The Morgan fingerprint density at radius 3 is 2.94 bits per heavy atom. The number of amides is 1. The molecular formula is C13H22N4O. The Hall–Kier alpha value is -1.36. The van der Waals surface area contributed by atoms with E-state index >= 15 is 0 Å². The minimum atomic E-state index is -0.229. The molecule has 1 amide bonds. The molecule has 1 saturated heterocycles. The van der Waals surface area contributed by atoms with E-state index in [0.717, 1.165) is 19.5 Å². The summed E-state index contributed by atoms with van der Waals surface area (Å²) >= 11 is 0. The molecule has 2 heterocycles. The van der Waals surface area contributed by atoms with Gasteiger partial charge in [0, 0.05) is 24.3 Å². The van der Waals surface area contributed by atoms with Crippen LogP contribution in [0.3, 0.4) is 0 Å². The molecule has 0 bridgehead atoms. The van der Waals surface area contributed by atoms with Crippen molar-refractivity contribution in [1.29, 1.82) is 0 Å². The molecule has 1 aliphatic heterocycles. The molecule has 0 radical (unpaired) electrons. The van der Waals surface area contributed by atoms with Crippen LogP contribution in [0.4, 0.5) is 0 Å². The van der Waals surface area contributed by atoms with Crippen molar-refractivity contribution in [3.63, 3.8) is 0 Å². The van der Waals surface area contributed by atoms with E-state index in [1.165, 1.54) is 6.42 Å². The SMILES string of the molecule is CC(C)(C)NC(=O)c1cn(C2CCCNC2)cn1. The highest BCUT2D eigenvalue weighted by atomic mass is 16.2. The maximum absolute atomic E-state index is 12.0. The summed E-state index contributed by atoms with van der Waals surface area (Å²) in [7, 11) is 0. The maximum atomic E-state index is 12.0. The summed E-state index contributed by atoms with van der Waals surface area (Å²) < 4.78 is 2.05. The monoisotopic (exact) mass is 250 g/mol. The van der Waals surface area contributed by atoms with Gasteiger partial charge in [-0.2, -0.15) is 0 Å². The van der Waals surface area contributed by atoms with Gasteiger partial charge in [-0.05, 0) is 40.2 Å². The van der Waals surface area contributed by atoms with Gasteiger partial charge < -0.3 is 15.2 Å². The zero-order valence-electron chi connectivity index (χ0n) is 11.4. The van der Waals surface area contributed by atoms with Crippen LogP contribution in [0.25, 0.3) is 0 Å². The summed E-state index contributed by atoms with van der Waals surface area (Å²) in [5, 5.41) is 6.28. The molecule has 0 aliphatic carbocycles. The zero-order chi connectivity index (χ0) is 13.2. The first-order valence-electron chi connectivity index (χ1n) is 6.52. The van der Waals surface area contributed by atoms with Crippen molar-refractivity contribution in [3.8, 4) is 0 Å². The number of carbonyl (C=O) groups is 1. The van der Waals surface area contributed by atoms with E-state index in [2.05, 4.69) is 15.6 Å². The number of imidazole rings is 1. The van der Waals surface area contributed by atoms with Gasteiger partial charge in [0.05, 0.1) is 6.33 Å². The maximum Gasteiger partial charge on any atom is 0.271 e. The first-order valence-corrected chi connectivity index (χ1v) is 6.52. The van der Waals surface area contributed by atoms with Crippen molar-refractivity contribution >= 4 is 5.91 Å². The highest BCUT2D eigenvalue weighted by molar-refractivity contribution is 5.92. The van der Waals surface area contributed by atoms with E-state index < -0.39 is 0 Å². The number of carbonyl (C=O) groups excluding carboxylic acids is 1. The second-order valence-corrected chi connectivity index (χ2v) is 5.91. The fourth-order valence-corrected chi connectivity index (χ4v) is 2.15. The first-order chi connectivity index (χ1) is 8.46. The lowest BCUT2D eigenvalue weighted by Gasteiger charge is -2.23. The standard InChI is InChI=1S/C13H22N4O/c1-13(2,3)16-12(18)11-8-17(9-15-11)10-5-4-6-14-7-10/h8-10,14H,4-7H2,1-3H3,(H,16,18). The van der Waals surface area contributed by atoms with Crippen molar-refractivity contribution < 1.29 is 4.79 Å². The van der Waals surface area contributed by atoms with Crippen LogP contribution < -0.4 is 10.6 Å². The molecule has 5 nitrogen and oxygen atoms in total. The van der Waals surface area contributed by atoms with Crippen molar-refractivity contribution in [3.05, 3.63) is 18.2 Å². The van der Waals surface area contributed by atoms with Crippen LogP contribution in [0.1, 0.15) is 50.1 Å². The summed E-state index contributed by atoms with van der Waals surface area (Å²) in [4.78, 5) is 16.2. The Bertz CT molecular complexity index is 413. The normalized spacial score (nSPS) is 20.7. The lowest BCUT2D eigenvalue weighted by Crippen LogP contribution is -2.40. The van der Waals surface area contributed by atoms with Gasteiger partial charge in [0.25, 0.3) is 5.91 Å². The second kappa shape index (κ2) is 5.10. The van der Waals surface area contributed by atoms with Crippen LogP contribution in [0.2, 0.25) is 0 Å². The van der Waals surface area contributed by atoms with Gasteiger partial charge in [0.1, 0.15) is 5.69 Å². The molecular weight excluding hydrogens is 228 g/mol. The highest BCUT2D eigenvalue weighted by Crippen LogP contribution is 2.16. The lowest BCUT2D eigenvalue weighted by atomic mass is 10.1. The van der Waals surface area contributed by atoms with Crippen molar-refractivity contribution in [1.82, 2.24) is 20.2 Å². The van der Waals surface area contributed by atoms with E-state index in [4.69, 9.17) is 0 Å². The zero-order valence-corrected chi connectivity index (χ0v) is 11.4. The van der Waals surface area contributed by atoms with Crippen LogP contribution in [0, 0.1) is 0 Å². The third-order valence-electron chi connectivity index (χ3n) is 3.02. The molecule has 0 aromatic carbocycles. The van der Waals surface area contributed by atoms with Gasteiger partial charge in [-0.25, -0.2) is 4.98 Å². The summed E-state index contributed by atoms with van der Waals surface area (Å²) in [6.45, 7) is 7.94. The number of nitrogens with one attached hydrogen (secondary N) is 2. The van der Waals surface area contributed by atoms with Crippen LogP contribution in [-0.2, 0) is 0 Å². The number of hydrogen-bond acceptors (Lipinski definition) is 3. The minimum Gasteiger partial charge on any atom is -0.346 e. The second-order valence-electron chi connectivity index (χ2n) is 5.91. The third kappa shape index (κ3) is 3.32. The van der Waals surface area contributed by atoms with Gasteiger partial charge >= 0.3 is 0 Å². The molecule has 1 aliphatic rings. The fraction of sp³-hybridized carbons (Fsp3) is 0.692. The van der Waals surface area contributed by atoms with Crippen LogP contribution in [0.15, 0.2) is 12.5 Å². The molecule has 0 saturated carbocycles. The summed E-state index contributed by atoms with van der Waals surface area (Å²) in [5.74, 6) is -0.106. The summed E-state index contributed by atoms with van der Waals surface area (Å²) in [6, 6.07) is 0.419. The number of piperidine rings is 1. The minimum absolute atomic E-state index is 0.106. The molecule has 1 atom stereocenters. The van der Waals surface area contributed by atoms with E-state index in [9.17, 15) is 4.79 Å². The smallest absolute Gasteiger partial charge is 0.271 e. The van der Waals surface area contributed by atoms with E-state index in [0.29, 0.717) is 11.7 Å². The topological polar surface area (TPSA) is 59.0 Å². The third-order valence-corrected chi connectivity index (χ3v) is 3.02. The highest BCUT2D eigenvalue weighted by Gasteiger charge is 2.19. The van der Waals surface area contributed by atoms with E-state index in [1.54, 1.807) is 6.33 Å². The number of hydrogen-bond donors (Lipinski definition) is 2. The van der Waals surface area contributed by atoms with Gasteiger partial charge in [-0.15, -0.1) is 0 Å². The summed E-state index contributed by atoms with van der Waals surface area (Å²) in [6.07, 6.45) is 5.92. The average Bonchev–Trinajstić information content (AvgIpc) is 2.77. The lowest BCUT2D eigenvalue weighted by molar-refractivity contribution is 0.0914. The molecule has 1 unspecified atom stereocenters. The number of nitrogens with zero attached hydrogens (tertiary/aromatic N) is 2. The van der Waals surface area contributed by atoms with Crippen molar-refractivity contribution in [2.75, 3.05) is 13.1 Å². The Labute approximate surface area is 108 Å². The Morgan fingerprint density at radius 1 is 1.56 bits per heavy atom. The predicted molar refractivity (Wildman–Crippen MR) is 70.6 cm³/mol. The first kappa shape index (κ1) is 13.1. The number of rotatable bonds is 2. The Balaban J connectivity index is 2.03. The van der Waals surface area contributed by atoms with Gasteiger partial charge in [0.15, 0.2) is 0 Å². The molecule has 2 rings (SSSR count). The van der Waals surface area contributed by atoms with Crippen LogP contribution in [0.5, 0.6) is 0 Å². The molecule has 2 N–H and O–H groups in total. The average molecular weight is 250 g/mol. The molecule has 1 fully saturated rings. The fourth-order valence-electron chi connectivity index (χ4n) is 2.15. The molecule has 1 aromatic rings. The molecule has 0 spiro atoms. The Morgan fingerprint density at radius 2 is 2.33 bits per heavy atom. The Kier molecular flexibility index (Phi) is 3.71. The van der Waals surface area contributed by atoms with Gasteiger partial charge in [-0.3, -0.25) is 4.79 Å². The van der Waals surface area contributed by atoms with Gasteiger partial charge in [-0.1, -0.05) is 0 Å². The van der Waals surface area contributed by atoms with Crippen LogP contribution in [-0.4, -0.2) is 34.1 Å². The number of aromatic nitrogens is 2. The molecule has 5 heteroatoms. The molecule has 1 aromatic heterocycles. The molecule has 100 valence electrons. The van der Waals surface area contributed by atoms with E-state index in [1.807, 2.05) is 31.5 Å². The van der Waals surface area contributed by atoms with Crippen LogP contribution >= 0.6 is 0 Å². The predicted octanol–water partition coefficient (Wildman–Crippen LogP) is 1.34. The van der Waals surface area contributed by atoms with Crippen molar-refractivity contribution in [2.45, 2.75) is 45.2 Å². The van der Waals surface area contributed by atoms with Gasteiger partial charge in [0.2, 0.25) is 0 Å². The quantitative estimate of drug-likeness (QED) is 0.832. The van der Waals surface area contributed by atoms with Crippen molar-refractivity contribution in [2.24, 2.45) is 0 Å². The largest absolute Gasteiger partial charge is 0.346 e.